The van der Waals surface area contributed by atoms with Crippen molar-refractivity contribution in [3.05, 3.63) is 136 Å². The molecule has 2 aliphatic carbocycles. The molecular formula is C34H24N2O2S. The molecule has 0 atom stereocenters. The van der Waals surface area contributed by atoms with Crippen LogP contribution in [-0.2, 0) is 5.41 Å². The van der Waals surface area contributed by atoms with E-state index in [0.717, 1.165) is 21.9 Å². The summed E-state index contributed by atoms with van der Waals surface area (Å²) in [7, 11) is 0. The average molecular weight is 525 g/mol. The van der Waals surface area contributed by atoms with Crippen LogP contribution in [0.5, 0.6) is 0 Å². The molecule has 3 aromatic carbocycles. The molecule has 0 amide bonds. The molecular weight excluding hydrogens is 500 g/mol. The molecule has 188 valence electrons. The predicted molar refractivity (Wildman–Crippen MR) is 157 cm³/mol. The van der Waals surface area contributed by atoms with E-state index in [0.29, 0.717) is 11.1 Å². The van der Waals surface area contributed by atoms with E-state index >= 15 is 0 Å². The Morgan fingerprint density at radius 1 is 0.718 bits per heavy atom. The van der Waals surface area contributed by atoms with E-state index in [2.05, 4.69) is 66.2 Å². The fourth-order valence-corrected chi connectivity index (χ4v) is 7.03. The number of benzene rings is 3. The molecule has 5 aromatic rings. The minimum Gasteiger partial charge on any atom is -0.309 e. The first-order valence-corrected chi connectivity index (χ1v) is 13.7. The normalized spacial score (nSPS) is 14.7. The van der Waals surface area contributed by atoms with Crippen molar-refractivity contribution in [1.82, 2.24) is 4.98 Å². The number of pyridine rings is 1. The molecule has 0 N–H and O–H groups in total. The van der Waals surface area contributed by atoms with Crippen LogP contribution >= 0.6 is 11.3 Å². The first kappa shape index (κ1) is 23.5. The Morgan fingerprint density at radius 2 is 1.41 bits per heavy atom. The number of nitrogens with zero attached hydrogens (tertiary/aromatic N) is 2. The maximum Gasteiger partial charge on any atom is 0.197 e. The Morgan fingerprint density at radius 3 is 2.10 bits per heavy atom. The van der Waals surface area contributed by atoms with E-state index in [-0.39, 0.29) is 22.6 Å². The van der Waals surface area contributed by atoms with Crippen molar-refractivity contribution in [1.29, 1.82) is 0 Å². The van der Waals surface area contributed by atoms with E-state index in [1.807, 2.05) is 30.5 Å². The third-order valence-electron chi connectivity index (χ3n) is 7.71. The fourth-order valence-electron chi connectivity index (χ4n) is 5.73. The largest absolute Gasteiger partial charge is 0.309 e. The number of allylic oxidation sites excluding steroid dienone is 1. The highest BCUT2D eigenvalue weighted by Gasteiger charge is 2.38. The van der Waals surface area contributed by atoms with Crippen LogP contribution < -0.4 is 4.90 Å². The van der Waals surface area contributed by atoms with Crippen molar-refractivity contribution in [3.8, 4) is 10.4 Å². The van der Waals surface area contributed by atoms with Crippen LogP contribution in [0.2, 0.25) is 0 Å². The lowest BCUT2D eigenvalue weighted by Gasteiger charge is -2.27. The molecule has 0 spiro atoms. The zero-order valence-electron chi connectivity index (χ0n) is 21.5. The van der Waals surface area contributed by atoms with Crippen molar-refractivity contribution >= 4 is 46.0 Å². The Labute approximate surface area is 230 Å². The number of para-hydroxylation sites is 1. The Bertz CT molecular complexity index is 1740. The number of carbonyl (C=O) groups excluding carboxylic acids is 2. The van der Waals surface area contributed by atoms with Gasteiger partial charge in [0.1, 0.15) is 0 Å². The second kappa shape index (κ2) is 8.72. The third-order valence-corrected chi connectivity index (χ3v) is 8.83. The van der Waals surface area contributed by atoms with Gasteiger partial charge >= 0.3 is 0 Å². The van der Waals surface area contributed by atoms with Gasteiger partial charge in [-0.3, -0.25) is 14.6 Å². The number of thiophene rings is 1. The van der Waals surface area contributed by atoms with E-state index < -0.39 is 0 Å². The van der Waals surface area contributed by atoms with Crippen molar-refractivity contribution in [2.75, 3.05) is 4.90 Å². The molecule has 7 rings (SSSR count). The van der Waals surface area contributed by atoms with Crippen LogP contribution in [0.4, 0.5) is 17.1 Å². The van der Waals surface area contributed by atoms with Gasteiger partial charge in [0.15, 0.2) is 11.6 Å². The van der Waals surface area contributed by atoms with E-state index in [1.165, 1.54) is 21.6 Å². The van der Waals surface area contributed by atoms with E-state index in [4.69, 9.17) is 0 Å². The van der Waals surface area contributed by atoms with Gasteiger partial charge in [-0.15, -0.1) is 11.3 Å². The molecule has 0 aliphatic heterocycles. The molecule has 0 saturated heterocycles. The smallest absolute Gasteiger partial charge is 0.197 e. The van der Waals surface area contributed by atoms with Gasteiger partial charge in [-0.05, 0) is 65.2 Å². The van der Waals surface area contributed by atoms with Crippen LogP contribution in [0.3, 0.4) is 0 Å². The van der Waals surface area contributed by atoms with E-state index in [9.17, 15) is 9.59 Å². The SMILES string of the molecule is CC1(C)c2cc(N(c3ccccc3)c3cccnc3)ccc2-c2sc(C=C3C(=O)c4ccccc4C3=O)cc21. The number of rotatable bonds is 4. The number of Topliss-reactive ketones (excluding diaryl/α,β-unsaturated/α-hetero) is 2. The Kier molecular flexibility index (Phi) is 5.25. The van der Waals surface area contributed by atoms with Crippen molar-refractivity contribution < 1.29 is 9.59 Å². The number of ketones is 2. The Balaban J connectivity index is 1.30. The topological polar surface area (TPSA) is 50.3 Å². The molecule has 0 saturated carbocycles. The molecule has 39 heavy (non-hydrogen) atoms. The van der Waals surface area contributed by atoms with Gasteiger partial charge in [0, 0.05) is 43.9 Å². The van der Waals surface area contributed by atoms with Crippen LogP contribution in [0.15, 0.2) is 109 Å². The van der Waals surface area contributed by atoms with E-state index in [1.54, 1.807) is 47.9 Å². The summed E-state index contributed by atoms with van der Waals surface area (Å²) in [4.78, 5) is 34.6. The predicted octanol–water partition coefficient (Wildman–Crippen LogP) is 8.38. The molecule has 0 radical (unpaired) electrons. The summed E-state index contributed by atoms with van der Waals surface area (Å²) in [5.74, 6) is -0.380. The first-order chi connectivity index (χ1) is 18.9. The maximum atomic E-state index is 13.0. The average Bonchev–Trinajstić information content (AvgIpc) is 3.56. The highest BCUT2D eigenvalue weighted by Crippen LogP contribution is 2.54. The highest BCUT2D eigenvalue weighted by molar-refractivity contribution is 7.16. The molecule has 0 bridgehead atoms. The molecule has 2 aliphatic rings. The summed E-state index contributed by atoms with van der Waals surface area (Å²) in [6.45, 7) is 4.48. The minimum atomic E-state index is -0.238. The van der Waals surface area contributed by atoms with Crippen LogP contribution in [0, 0.1) is 0 Å². The Hall–Kier alpha value is -4.61. The number of anilines is 3. The fraction of sp³-hybridized carbons (Fsp3) is 0.0882. The van der Waals surface area contributed by atoms with Gasteiger partial charge in [0.2, 0.25) is 0 Å². The number of carbonyl (C=O) groups is 2. The van der Waals surface area contributed by atoms with Crippen LogP contribution in [0.1, 0.15) is 50.6 Å². The van der Waals surface area contributed by atoms with Gasteiger partial charge in [-0.1, -0.05) is 62.4 Å². The number of hydrogen-bond acceptors (Lipinski definition) is 5. The van der Waals surface area contributed by atoms with Crippen LogP contribution in [0.25, 0.3) is 16.5 Å². The zero-order valence-corrected chi connectivity index (χ0v) is 22.3. The lowest BCUT2D eigenvalue weighted by Crippen LogP contribution is -2.16. The lowest BCUT2D eigenvalue weighted by molar-refractivity contribution is 0.0990. The van der Waals surface area contributed by atoms with Gasteiger partial charge in [0.25, 0.3) is 0 Å². The molecule has 5 heteroatoms. The van der Waals surface area contributed by atoms with Crippen molar-refractivity contribution in [3.63, 3.8) is 0 Å². The molecule has 0 unspecified atom stereocenters. The quantitative estimate of drug-likeness (QED) is 0.175. The summed E-state index contributed by atoms with van der Waals surface area (Å²) in [5, 5.41) is 0. The van der Waals surface area contributed by atoms with Crippen molar-refractivity contribution in [2.45, 2.75) is 19.3 Å². The van der Waals surface area contributed by atoms with Gasteiger partial charge in [0.05, 0.1) is 17.5 Å². The summed E-state index contributed by atoms with van der Waals surface area (Å²) < 4.78 is 0. The van der Waals surface area contributed by atoms with Gasteiger partial charge in [-0.2, -0.15) is 0 Å². The first-order valence-electron chi connectivity index (χ1n) is 12.9. The third kappa shape index (κ3) is 3.62. The summed E-state index contributed by atoms with van der Waals surface area (Å²) >= 11 is 1.64. The van der Waals surface area contributed by atoms with Crippen LogP contribution in [-0.4, -0.2) is 16.6 Å². The lowest BCUT2D eigenvalue weighted by atomic mass is 9.82. The summed E-state index contributed by atoms with van der Waals surface area (Å²) in [6, 6.07) is 30.2. The second-order valence-corrected chi connectivity index (χ2v) is 11.5. The van der Waals surface area contributed by atoms with Gasteiger partial charge in [-0.25, -0.2) is 0 Å². The zero-order chi connectivity index (χ0) is 26.7. The minimum absolute atomic E-state index is 0.190. The molecule has 2 heterocycles. The molecule has 0 fully saturated rings. The standard InChI is InChI=1S/C34H24N2O2S/c1-34(2)29-17-22(36(21-9-4-3-5-10-21)23-11-8-16-35-20-23)14-15-27(29)33-30(34)19-24(39-33)18-28-31(37)25-12-6-7-13-26(25)32(28)38/h3-20H,1-2H3. The molecule has 4 nitrogen and oxygen atoms in total. The van der Waals surface area contributed by atoms with Crippen molar-refractivity contribution in [2.24, 2.45) is 0 Å². The number of aromatic nitrogens is 1. The number of fused-ring (bicyclic) bond motifs is 4. The monoisotopic (exact) mass is 524 g/mol. The summed E-state index contributed by atoms with van der Waals surface area (Å²) in [5.41, 5.74) is 7.79. The van der Waals surface area contributed by atoms with Gasteiger partial charge < -0.3 is 4.90 Å². The number of hydrogen-bond donors (Lipinski definition) is 0. The second-order valence-electron chi connectivity index (χ2n) is 10.4. The molecule has 2 aromatic heterocycles. The maximum absolute atomic E-state index is 13.0. The highest BCUT2D eigenvalue weighted by atomic mass is 32.1. The summed E-state index contributed by atoms with van der Waals surface area (Å²) in [6.07, 6.45) is 5.44.